The van der Waals surface area contributed by atoms with Crippen molar-refractivity contribution in [2.75, 3.05) is 5.73 Å². The SMILES string of the molecule is BC(B)(B)N(C(=O)c1cc(O)ccc1Sc1ccccc1N)C(B)(B)B. The molecule has 0 unspecified atom stereocenters. The molecule has 0 saturated carbocycles. The maximum absolute atomic E-state index is 13.5. The Morgan fingerprint density at radius 1 is 0.962 bits per heavy atom. The first-order chi connectivity index (χ1) is 11.9. The molecule has 0 aliphatic heterocycles. The number of aromatic hydroxyl groups is 1. The zero-order valence-corrected chi connectivity index (χ0v) is 17.1. The summed E-state index contributed by atoms with van der Waals surface area (Å²) in [6.45, 7) is 0. The van der Waals surface area contributed by atoms with Gasteiger partial charge in [-0.25, -0.2) is 0 Å². The first kappa shape index (κ1) is 20.6. The van der Waals surface area contributed by atoms with Crippen LogP contribution < -0.4 is 5.73 Å². The highest BCUT2D eigenvalue weighted by molar-refractivity contribution is 7.99. The molecular weight excluding hydrogens is 337 g/mol. The minimum Gasteiger partial charge on any atom is -0.508 e. The quantitative estimate of drug-likeness (QED) is 0.431. The Morgan fingerprint density at radius 3 is 2.08 bits per heavy atom. The molecule has 2 aromatic carbocycles. The smallest absolute Gasteiger partial charge is 0.252 e. The standard InChI is InChI=1S/C15H22B6N2O2S/c16-14(17,18)23(15(19,20)21)13(25)9-7-8(24)5-6-11(9)26-12-4-2-1-3-10(12)22/h1-7,24H,16-22H2. The molecular formula is C15H22B6N2O2S. The van der Waals surface area contributed by atoms with Crippen molar-refractivity contribution in [1.82, 2.24) is 4.90 Å². The molecule has 4 nitrogen and oxygen atoms in total. The van der Waals surface area contributed by atoms with Crippen LogP contribution in [-0.2, 0) is 0 Å². The molecule has 0 fully saturated rings. The van der Waals surface area contributed by atoms with Crippen LogP contribution in [0.15, 0.2) is 52.3 Å². The van der Waals surface area contributed by atoms with Crippen molar-refractivity contribution in [3.63, 3.8) is 0 Å². The molecule has 0 bridgehead atoms. The van der Waals surface area contributed by atoms with Crippen LogP contribution in [0.25, 0.3) is 0 Å². The largest absolute Gasteiger partial charge is 0.508 e. The molecule has 11 heteroatoms. The van der Waals surface area contributed by atoms with Gasteiger partial charge in [-0.1, -0.05) is 23.9 Å². The van der Waals surface area contributed by atoms with Gasteiger partial charge in [0.15, 0.2) is 0 Å². The van der Waals surface area contributed by atoms with Crippen molar-refractivity contribution in [2.24, 2.45) is 0 Å². The van der Waals surface area contributed by atoms with E-state index in [1.807, 2.05) is 76.2 Å². The molecule has 0 saturated heterocycles. The highest BCUT2D eigenvalue weighted by Crippen LogP contribution is 2.36. The van der Waals surface area contributed by atoms with Crippen molar-refractivity contribution >= 4 is 70.4 Å². The Labute approximate surface area is 165 Å². The minimum atomic E-state index is -0.367. The van der Waals surface area contributed by atoms with E-state index in [-0.39, 0.29) is 22.1 Å². The van der Waals surface area contributed by atoms with Gasteiger partial charge < -0.3 is 15.7 Å². The number of nitrogens with two attached hydrogens (primary N) is 1. The van der Waals surface area contributed by atoms with Gasteiger partial charge in [0.25, 0.3) is 5.91 Å². The Hall–Kier alpha value is -1.75. The number of carbonyl (C=O) groups is 1. The summed E-state index contributed by atoms with van der Waals surface area (Å²) in [5.74, 6) is -0.0422. The van der Waals surface area contributed by atoms with Crippen molar-refractivity contribution in [3.05, 3.63) is 48.0 Å². The van der Waals surface area contributed by atoms with E-state index in [4.69, 9.17) is 5.73 Å². The van der Waals surface area contributed by atoms with E-state index in [1.54, 1.807) is 12.1 Å². The molecule has 0 heterocycles. The van der Waals surface area contributed by atoms with Crippen LogP contribution in [0.4, 0.5) is 5.69 Å². The molecule has 128 valence electrons. The van der Waals surface area contributed by atoms with E-state index < -0.39 is 0 Å². The number of amides is 1. The molecule has 0 spiro atoms. The van der Waals surface area contributed by atoms with Gasteiger partial charge in [0.05, 0.1) is 5.56 Å². The highest BCUT2D eigenvalue weighted by atomic mass is 32.2. The van der Waals surface area contributed by atoms with Gasteiger partial charge in [0.1, 0.15) is 52.8 Å². The normalized spacial score (nSPS) is 11.8. The van der Waals surface area contributed by atoms with Gasteiger partial charge in [0.2, 0.25) is 0 Å². The van der Waals surface area contributed by atoms with Crippen molar-refractivity contribution in [3.8, 4) is 5.75 Å². The molecule has 0 radical (unpaired) electrons. The molecule has 2 rings (SSSR count). The summed E-state index contributed by atoms with van der Waals surface area (Å²) < 4.78 is 0. The number of para-hydroxylation sites is 1. The second-order valence-electron chi connectivity index (χ2n) is 8.30. The minimum absolute atomic E-state index is 0.0708. The number of anilines is 1. The summed E-state index contributed by atoms with van der Waals surface area (Å²) in [5.41, 5.74) is 7.19. The zero-order chi connectivity index (χ0) is 19.7. The third kappa shape index (κ3) is 4.70. The van der Waals surface area contributed by atoms with Crippen LogP contribution in [0.5, 0.6) is 5.75 Å². The molecule has 0 aliphatic carbocycles. The number of nitrogens with zero attached hydrogens (tertiary/aromatic N) is 1. The van der Waals surface area contributed by atoms with E-state index in [1.165, 1.54) is 17.8 Å². The zero-order valence-electron chi connectivity index (χ0n) is 16.3. The van der Waals surface area contributed by atoms with Gasteiger partial charge in [-0.3, -0.25) is 4.79 Å². The lowest BCUT2D eigenvalue weighted by atomic mass is 9.40. The number of benzene rings is 2. The molecule has 3 N–H and O–H groups in total. The monoisotopic (exact) mass is 360 g/mol. The summed E-state index contributed by atoms with van der Waals surface area (Å²) in [5, 5.41) is 9.26. The predicted molar refractivity (Wildman–Crippen MR) is 126 cm³/mol. The Balaban J connectivity index is 2.53. The fourth-order valence-corrected chi connectivity index (χ4v) is 4.16. The average molecular weight is 359 g/mol. The van der Waals surface area contributed by atoms with E-state index in [9.17, 15) is 9.90 Å². The Bertz CT molecular complexity index is 809. The van der Waals surface area contributed by atoms with Crippen LogP contribution in [-0.4, -0.2) is 73.5 Å². The summed E-state index contributed by atoms with van der Waals surface area (Å²) >= 11 is 1.43. The van der Waals surface area contributed by atoms with Gasteiger partial charge in [0, 0.05) is 15.5 Å². The maximum Gasteiger partial charge on any atom is 0.252 e. The molecule has 26 heavy (non-hydrogen) atoms. The fraction of sp³-hybridized carbons (Fsp3) is 0.133. The Morgan fingerprint density at radius 2 is 1.54 bits per heavy atom. The maximum atomic E-state index is 13.5. The lowest BCUT2D eigenvalue weighted by Gasteiger charge is -2.47. The van der Waals surface area contributed by atoms with Gasteiger partial charge >= 0.3 is 0 Å². The lowest BCUT2D eigenvalue weighted by Crippen LogP contribution is -2.65. The number of phenolic OH excluding ortho intramolecular Hbond substituents is 1. The molecule has 0 atom stereocenters. The van der Waals surface area contributed by atoms with E-state index >= 15 is 0 Å². The Kier molecular flexibility index (Phi) is 5.91. The first-order valence-electron chi connectivity index (χ1n) is 8.61. The van der Waals surface area contributed by atoms with Crippen molar-refractivity contribution in [1.29, 1.82) is 0 Å². The van der Waals surface area contributed by atoms with E-state index in [0.717, 1.165) is 9.79 Å². The molecule has 1 amide bonds. The van der Waals surface area contributed by atoms with Crippen molar-refractivity contribution < 1.29 is 9.90 Å². The number of nitrogen functional groups attached to an aromatic ring is 1. The van der Waals surface area contributed by atoms with Gasteiger partial charge in [-0.2, -0.15) is 0 Å². The molecule has 0 aliphatic rings. The average Bonchev–Trinajstić information content (AvgIpc) is 2.48. The number of hydrogen-bond donors (Lipinski definition) is 2. The number of rotatable bonds is 5. The van der Waals surface area contributed by atoms with Crippen LogP contribution in [0.3, 0.4) is 0 Å². The predicted octanol–water partition coefficient (Wildman–Crippen LogP) is -3.41. The van der Waals surface area contributed by atoms with Crippen molar-refractivity contribution in [2.45, 2.75) is 20.3 Å². The van der Waals surface area contributed by atoms with Crippen LogP contribution >= 0.6 is 11.8 Å². The summed E-state index contributed by atoms with van der Waals surface area (Å²) in [6, 6.07) is 12.4. The highest BCUT2D eigenvalue weighted by Gasteiger charge is 2.36. The second kappa shape index (κ2) is 7.47. The summed E-state index contributed by atoms with van der Waals surface area (Å²) in [4.78, 5) is 17.0. The lowest BCUT2D eigenvalue weighted by molar-refractivity contribution is 0.0740. The van der Waals surface area contributed by atoms with Gasteiger partial charge in [-0.15, -0.1) is 0 Å². The fourth-order valence-electron chi connectivity index (χ4n) is 3.20. The summed E-state index contributed by atoms with van der Waals surface area (Å²) in [6.07, 6.45) is 0. The topological polar surface area (TPSA) is 66.6 Å². The number of hydrogen-bond acceptors (Lipinski definition) is 4. The number of carbonyl (C=O) groups excluding carboxylic acids is 1. The second-order valence-corrected chi connectivity index (χ2v) is 9.39. The van der Waals surface area contributed by atoms with Crippen LogP contribution in [0, 0.1) is 0 Å². The van der Waals surface area contributed by atoms with Crippen LogP contribution in [0.2, 0.25) is 0 Å². The summed E-state index contributed by atoms with van der Waals surface area (Å²) in [7, 11) is 12.1. The first-order valence-corrected chi connectivity index (χ1v) is 9.43. The van der Waals surface area contributed by atoms with E-state index in [0.29, 0.717) is 11.3 Å². The number of phenols is 1. The molecule has 2 aromatic rings. The third-order valence-electron chi connectivity index (χ3n) is 3.88. The van der Waals surface area contributed by atoms with Gasteiger partial charge in [-0.05, 0) is 40.8 Å². The van der Waals surface area contributed by atoms with E-state index in [2.05, 4.69) is 0 Å². The van der Waals surface area contributed by atoms with Crippen LogP contribution in [0.1, 0.15) is 10.4 Å². The molecule has 0 aromatic heterocycles. The third-order valence-corrected chi connectivity index (χ3v) is 5.04.